The maximum Gasteiger partial charge on any atom is 0.253 e. The number of benzene rings is 1. The van der Waals surface area contributed by atoms with Gasteiger partial charge in [0.2, 0.25) is 0 Å². The van der Waals surface area contributed by atoms with Crippen LogP contribution in [0.5, 0.6) is 0 Å². The first-order chi connectivity index (χ1) is 11.2. The minimum atomic E-state index is -0.192. The molecule has 1 amide bonds. The topological polar surface area (TPSA) is 67.2 Å². The van der Waals surface area contributed by atoms with Gasteiger partial charge in [0.15, 0.2) is 0 Å². The molecule has 0 aliphatic rings. The summed E-state index contributed by atoms with van der Waals surface area (Å²) in [5.41, 5.74) is 3.38. The molecular weight excluding hydrogens is 290 g/mol. The number of anilines is 2. The van der Waals surface area contributed by atoms with Crippen molar-refractivity contribution >= 4 is 17.3 Å². The summed E-state index contributed by atoms with van der Waals surface area (Å²) in [6.45, 7) is 2.37. The SMILES string of the molecule is Cc1ccccc1Nc1cncc(C(=O)NCc2ccco2)c1. The van der Waals surface area contributed by atoms with Gasteiger partial charge < -0.3 is 15.1 Å². The van der Waals surface area contributed by atoms with Crippen LogP contribution in [-0.2, 0) is 6.54 Å². The Bertz CT molecular complexity index is 798. The molecule has 116 valence electrons. The smallest absolute Gasteiger partial charge is 0.253 e. The van der Waals surface area contributed by atoms with Crippen LogP contribution in [0.1, 0.15) is 21.7 Å². The zero-order valence-corrected chi connectivity index (χ0v) is 12.7. The quantitative estimate of drug-likeness (QED) is 0.755. The van der Waals surface area contributed by atoms with E-state index < -0.39 is 0 Å². The van der Waals surface area contributed by atoms with Gasteiger partial charge in [0.25, 0.3) is 5.91 Å². The fourth-order valence-corrected chi connectivity index (χ4v) is 2.18. The van der Waals surface area contributed by atoms with Gasteiger partial charge in [0, 0.05) is 11.9 Å². The number of carbonyl (C=O) groups excluding carboxylic acids is 1. The third-order valence-corrected chi connectivity index (χ3v) is 3.43. The van der Waals surface area contributed by atoms with E-state index in [1.165, 1.54) is 0 Å². The molecule has 2 N–H and O–H groups in total. The summed E-state index contributed by atoms with van der Waals surface area (Å²) in [6, 6.07) is 13.3. The summed E-state index contributed by atoms with van der Waals surface area (Å²) in [7, 11) is 0. The monoisotopic (exact) mass is 307 g/mol. The van der Waals surface area contributed by atoms with E-state index in [-0.39, 0.29) is 5.91 Å². The Morgan fingerprint density at radius 3 is 2.83 bits per heavy atom. The van der Waals surface area contributed by atoms with Crippen LogP contribution in [-0.4, -0.2) is 10.9 Å². The molecule has 0 saturated carbocycles. The van der Waals surface area contributed by atoms with Gasteiger partial charge in [-0.1, -0.05) is 18.2 Å². The van der Waals surface area contributed by atoms with E-state index in [9.17, 15) is 4.79 Å². The van der Waals surface area contributed by atoms with Crippen molar-refractivity contribution in [3.63, 3.8) is 0 Å². The van der Waals surface area contributed by atoms with Crippen LogP contribution in [0, 0.1) is 6.92 Å². The van der Waals surface area contributed by atoms with Gasteiger partial charge in [-0.05, 0) is 36.8 Å². The Morgan fingerprint density at radius 1 is 1.17 bits per heavy atom. The van der Waals surface area contributed by atoms with Gasteiger partial charge >= 0.3 is 0 Å². The highest BCUT2D eigenvalue weighted by Gasteiger charge is 2.08. The summed E-state index contributed by atoms with van der Waals surface area (Å²) < 4.78 is 5.19. The number of aryl methyl sites for hydroxylation is 1. The highest BCUT2D eigenvalue weighted by molar-refractivity contribution is 5.94. The number of aromatic nitrogens is 1. The number of pyridine rings is 1. The van der Waals surface area contributed by atoms with Crippen molar-refractivity contribution in [2.45, 2.75) is 13.5 Å². The molecule has 2 heterocycles. The number of nitrogens with zero attached hydrogens (tertiary/aromatic N) is 1. The van der Waals surface area contributed by atoms with Crippen molar-refractivity contribution in [3.8, 4) is 0 Å². The molecular formula is C18H17N3O2. The minimum Gasteiger partial charge on any atom is -0.467 e. The third kappa shape index (κ3) is 3.77. The lowest BCUT2D eigenvalue weighted by molar-refractivity contribution is 0.0947. The molecule has 0 aliphatic heterocycles. The maximum absolute atomic E-state index is 12.2. The lowest BCUT2D eigenvalue weighted by Gasteiger charge is -2.10. The molecule has 0 bridgehead atoms. The average molecular weight is 307 g/mol. The molecule has 2 aromatic heterocycles. The second-order valence-electron chi connectivity index (χ2n) is 5.16. The van der Waals surface area contributed by atoms with Gasteiger partial charge in [-0.15, -0.1) is 0 Å². The second kappa shape index (κ2) is 6.79. The van der Waals surface area contributed by atoms with Gasteiger partial charge in [-0.3, -0.25) is 9.78 Å². The molecule has 5 heteroatoms. The van der Waals surface area contributed by atoms with Gasteiger partial charge in [0.05, 0.1) is 30.3 Å². The molecule has 1 aromatic carbocycles. The van der Waals surface area contributed by atoms with Gasteiger partial charge in [0.1, 0.15) is 5.76 Å². The van der Waals surface area contributed by atoms with Crippen LogP contribution in [0.2, 0.25) is 0 Å². The Kier molecular flexibility index (Phi) is 4.38. The standard InChI is InChI=1S/C18H17N3O2/c1-13-5-2-3-7-17(13)21-15-9-14(10-19-11-15)18(22)20-12-16-6-4-8-23-16/h2-11,21H,12H2,1H3,(H,20,22). The number of furan rings is 1. The average Bonchev–Trinajstić information content (AvgIpc) is 3.08. The molecule has 0 atom stereocenters. The predicted octanol–water partition coefficient (Wildman–Crippen LogP) is 3.66. The molecule has 3 aromatic rings. The summed E-state index contributed by atoms with van der Waals surface area (Å²) in [5.74, 6) is 0.517. The Labute approximate surface area is 134 Å². The highest BCUT2D eigenvalue weighted by Crippen LogP contribution is 2.20. The van der Waals surface area contributed by atoms with Crippen molar-refractivity contribution in [3.05, 3.63) is 78.0 Å². The van der Waals surface area contributed by atoms with Crippen molar-refractivity contribution in [1.29, 1.82) is 0 Å². The number of para-hydroxylation sites is 1. The number of hydrogen-bond acceptors (Lipinski definition) is 4. The first-order valence-electron chi connectivity index (χ1n) is 7.30. The van der Waals surface area contributed by atoms with E-state index in [0.29, 0.717) is 17.9 Å². The molecule has 0 saturated heterocycles. The number of rotatable bonds is 5. The van der Waals surface area contributed by atoms with E-state index in [1.54, 1.807) is 30.8 Å². The number of hydrogen-bond donors (Lipinski definition) is 2. The van der Waals surface area contributed by atoms with Crippen molar-refractivity contribution < 1.29 is 9.21 Å². The Hall–Kier alpha value is -3.08. The summed E-state index contributed by atoms with van der Waals surface area (Å²) in [5, 5.41) is 6.08. The van der Waals surface area contributed by atoms with E-state index in [1.807, 2.05) is 37.3 Å². The van der Waals surface area contributed by atoms with Crippen molar-refractivity contribution in [2.75, 3.05) is 5.32 Å². The first-order valence-corrected chi connectivity index (χ1v) is 7.30. The fraction of sp³-hybridized carbons (Fsp3) is 0.111. The number of carbonyl (C=O) groups is 1. The molecule has 3 rings (SSSR count). The zero-order valence-electron chi connectivity index (χ0n) is 12.7. The zero-order chi connectivity index (χ0) is 16.1. The maximum atomic E-state index is 12.2. The van der Waals surface area contributed by atoms with Gasteiger partial charge in [-0.2, -0.15) is 0 Å². The lowest BCUT2D eigenvalue weighted by Crippen LogP contribution is -2.22. The molecule has 0 unspecified atom stereocenters. The van der Waals surface area contributed by atoms with Crippen molar-refractivity contribution in [1.82, 2.24) is 10.3 Å². The molecule has 0 spiro atoms. The van der Waals surface area contributed by atoms with Crippen LogP contribution in [0.25, 0.3) is 0 Å². The fourth-order valence-electron chi connectivity index (χ4n) is 2.18. The molecule has 5 nitrogen and oxygen atoms in total. The van der Waals surface area contributed by atoms with Crippen LogP contribution in [0.4, 0.5) is 11.4 Å². The third-order valence-electron chi connectivity index (χ3n) is 3.43. The first kappa shape index (κ1) is 14.8. The molecule has 23 heavy (non-hydrogen) atoms. The summed E-state index contributed by atoms with van der Waals surface area (Å²) in [4.78, 5) is 16.3. The second-order valence-corrected chi connectivity index (χ2v) is 5.16. The van der Waals surface area contributed by atoms with E-state index in [2.05, 4.69) is 15.6 Å². The van der Waals surface area contributed by atoms with Crippen LogP contribution >= 0.6 is 0 Å². The molecule has 0 fully saturated rings. The largest absolute Gasteiger partial charge is 0.467 e. The molecule has 0 aliphatic carbocycles. The highest BCUT2D eigenvalue weighted by atomic mass is 16.3. The van der Waals surface area contributed by atoms with E-state index in [4.69, 9.17) is 4.42 Å². The Morgan fingerprint density at radius 2 is 2.04 bits per heavy atom. The van der Waals surface area contributed by atoms with Crippen LogP contribution < -0.4 is 10.6 Å². The van der Waals surface area contributed by atoms with Crippen LogP contribution in [0.3, 0.4) is 0 Å². The van der Waals surface area contributed by atoms with Gasteiger partial charge in [-0.25, -0.2) is 0 Å². The van der Waals surface area contributed by atoms with Crippen molar-refractivity contribution in [2.24, 2.45) is 0 Å². The molecule has 0 radical (unpaired) electrons. The number of nitrogens with one attached hydrogen (secondary N) is 2. The van der Waals surface area contributed by atoms with Crippen LogP contribution in [0.15, 0.2) is 65.5 Å². The lowest BCUT2D eigenvalue weighted by atomic mass is 10.2. The minimum absolute atomic E-state index is 0.192. The predicted molar refractivity (Wildman–Crippen MR) is 88.6 cm³/mol. The Balaban J connectivity index is 1.69. The summed E-state index contributed by atoms with van der Waals surface area (Å²) in [6.07, 6.45) is 4.81. The normalized spacial score (nSPS) is 10.3. The van der Waals surface area contributed by atoms with E-state index in [0.717, 1.165) is 16.9 Å². The number of amides is 1. The van der Waals surface area contributed by atoms with E-state index >= 15 is 0 Å². The summed E-state index contributed by atoms with van der Waals surface area (Å²) >= 11 is 0.